The molecule has 0 radical (unpaired) electrons. The number of thiazole rings is 1. The summed E-state index contributed by atoms with van der Waals surface area (Å²) in [6, 6.07) is 0.113. The average Bonchev–Trinajstić information content (AvgIpc) is 3.09. The monoisotopic (exact) mass is 262 g/mol. The molecule has 1 fully saturated rings. The predicted molar refractivity (Wildman–Crippen MR) is 68.5 cm³/mol. The van der Waals surface area contributed by atoms with E-state index in [1.165, 1.54) is 11.3 Å². The number of aromatic nitrogens is 3. The number of aromatic amines is 1. The zero-order valence-corrected chi connectivity index (χ0v) is 10.9. The Hall–Kier alpha value is -1.69. The van der Waals surface area contributed by atoms with Gasteiger partial charge in [0.15, 0.2) is 0 Å². The lowest BCUT2D eigenvalue weighted by atomic mass is 10.1. The molecular weight excluding hydrogens is 248 g/mol. The van der Waals surface area contributed by atoms with Gasteiger partial charge in [0.1, 0.15) is 5.69 Å². The Labute approximate surface area is 109 Å². The third kappa shape index (κ3) is 1.82. The minimum atomic E-state index is 0.0211. The van der Waals surface area contributed by atoms with Gasteiger partial charge in [0.2, 0.25) is 0 Å². The predicted octanol–water partition coefficient (Wildman–Crippen LogP) is 2.15. The Morgan fingerprint density at radius 2 is 2.50 bits per heavy atom. The van der Waals surface area contributed by atoms with Crippen molar-refractivity contribution in [2.24, 2.45) is 0 Å². The quantitative estimate of drug-likeness (QED) is 0.902. The molecule has 1 amide bonds. The number of likely N-dealkylation sites (tertiary alicyclic amines) is 1. The van der Waals surface area contributed by atoms with E-state index in [1.807, 2.05) is 11.8 Å². The van der Waals surface area contributed by atoms with Crippen LogP contribution in [0.1, 0.15) is 40.6 Å². The van der Waals surface area contributed by atoms with Crippen LogP contribution in [0.3, 0.4) is 0 Å². The summed E-state index contributed by atoms with van der Waals surface area (Å²) >= 11 is 1.45. The van der Waals surface area contributed by atoms with Crippen LogP contribution in [-0.4, -0.2) is 32.5 Å². The molecule has 1 aliphatic heterocycles. The Morgan fingerprint density at radius 1 is 1.61 bits per heavy atom. The molecule has 0 aromatic carbocycles. The fraction of sp³-hybridized carbons (Fsp3) is 0.417. The number of aryl methyl sites for hydroxylation is 1. The SMILES string of the molecule is Cc1cn[nH]c1C1CCCN1C(=O)c1cscn1. The Morgan fingerprint density at radius 3 is 3.17 bits per heavy atom. The van der Waals surface area contributed by atoms with E-state index in [2.05, 4.69) is 15.2 Å². The van der Waals surface area contributed by atoms with Crippen LogP contribution in [0.2, 0.25) is 0 Å². The minimum Gasteiger partial charge on any atom is -0.329 e. The molecule has 94 valence electrons. The summed E-state index contributed by atoms with van der Waals surface area (Å²) in [6.45, 7) is 2.81. The molecule has 18 heavy (non-hydrogen) atoms. The van der Waals surface area contributed by atoms with Gasteiger partial charge in [-0.05, 0) is 25.3 Å². The number of H-pyrrole nitrogens is 1. The molecule has 6 heteroatoms. The minimum absolute atomic E-state index is 0.0211. The van der Waals surface area contributed by atoms with Crippen LogP contribution < -0.4 is 0 Å². The third-order valence-corrected chi connectivity index (χ3v) is 3.95. The highest BCUT2D eigenvalue weighted by Gasteiger charge is 2.33. The molecule has 3 rings (SSSR count). The first kappa shape index (κ1) is 11.4. The molecule has 2 aromatic rings. The third-order valence-electron chi connectivity index (χ3n) is 3.37. The van der Waals surface area contributed by atoms with Gasteiger partial charge in [0.05, 0.1) is 23.4 Å². The van der Waals surface area contributed by atoms with Crippen molar-refractivity contribution in [1.82, 2.24) is 20.1 Å². The van der Waals surface area contributed by atoms with Crippen molar-refractivity contribution in [3.8, 4) is 0 Å². The number of carbonyl (C=O) groups is 1. The number of amides is 1. The van der Waals surface area contributed by atoms with E-state index in [4.69, 9.17) is 0 Å². The van der Waals surface area contributed by atoms with Crippen molar-refractivity contribution in [2.45, 2.75) is 25.8 Å². The normalized spacial score (nSPS) is 19.4. The van der Waals surface area contributed by atoms with E-state index in [0.29, 0.717) is 5.69 Å². The fourth-order valence-corrected chi connectivity index (χ4v) is 2.99. The number of nitrogens with zero attached hydrogens (tertiary/aromatic N) is 3. The number of hydrogen-bond donors (Lipinski definition) is 1. The summed E-state index contributed by atoms with van der Waals surface area (Å²) in [4.78, 5) is 18.4. The van der Waals surface area contributed by atoms with Crippen molar-refractivity contribution in [3.05, 3.63) is 34.0 Å². The van der Waals surface area contributed by atoms with Crippen molar-refractivity contribution in [1.29, 1.82) is 0 Å². The van der Waals surface area contributed by atoms with Crippen molar-refractivity contribution in [2.75, 3.05) is 6.54 Å². The fourth-order valence-electron chi connectivity index (χ4n) is 2.47. The highest BCUT2D eigenvalue weighted by atomic mass is 32.1. The highest BCUT2D eigenvalue weighted by Crippen LogP contribution is 2.33. The summed E-state index contributed by atoms with van der Waals surface area (Å²) in [5.74, 6) is 0.0211. The first-order chi connectivity index (χ1) is 8.77. The van der Waals surface area contributed by atoms with E-state index < -0.39 is 0 Å². The molecule has 0 saturated carbocycles. The van der Waals surface area contributed by atoms with Crippen LogP contribution in [0.5, 0.6) is 0 Å². The van der Waals surface area contributed by atoms with Gasteiger partial charge in [-0.1, -0.05) is 0 Å². The molecule has 2 aromatic heterocycles. The van der Waals surface area contributed by atoms with E-state index in [9.17, 15) is 4.79 Å². The van der Waals surface area contributed by atoms with E-state index >= 15 is 0 Å². The molecule has 1 unspecified atom stereocenters. The zero-order chi connectivity index (χ0) is 12.5. The first-order valence-electron chi connectivity index (χ1n) is 5.96. The second-order valence-electron chi connectivity index (χ2n) is 4.50. The van der Waals surface area contributed by atoms with Gasteiger partial charge in [-0.3, -0.25) is 9.89 Å². The maximum atomic E-state index is 12.4. The van der Waals surface area contributed by atoms with E-state index in [-0.39, 0.29) is 11.9 Å². The van der Waals surface area contributed by atoms with Crippen LogP contribution in [-0.2, 0) is 0 Å². The molecule has 0 aliphatic carbocycles. The maximum absolute atomic E-state index is 12.4. The van der Waals surface area contributed by atoms with Crippen LogP contribution in [0.15, 0.2) is 17.1 Å². The molecule has 0 spiro atoms. The van der Waals surface area contributed by atoms with Crippen molar-refractivity contribution >= 4 is 17.2 Å². The number of carbonyl (C=O) groups excluding carboxylic acids is 1. The largest absolute Gasteiger partial charge is 0.329 e. The van der Waals surface area contributed by atoms with Gasteiger partial charge >= 0.3 is 0 Å². The molecule has 1 saturated heterocycles. The second kappa shape index (κ2) is 4.53. The van der Waals surface area contributed by atoms with Gasteiger partial charge in [-0.25, -0.2) is 4.98 Å². The Balaban J connectivity index is 1.88. The maximum Gasteiger partial charge on any atom is 0.273 e. The van der Waals surface area contributed by atoms with Gasteiger partial charge in [-0.15, -0.1) is 11.3 Å². The summed E-state index contributed by atoms with van der Waals surface area (Å²) in [5, 5.41) is 8.87. The van der Waals surface area contributed by atoms with E-state index in [0.717, 1.165) is 30.6 Å². The summed E-state index contributed by atoms with van der Waals surface area (Å²) in [7, 11) is 0. The molecule has 1 N–H and O–H groups in total. The number of rotatable bonds is 2. The van der Waals surface area contributed by atoms with Crippen LogP contribution in [0.4, 0.5) is 0 Å². The molecule has 1 atom stereocenters. The van der Waals surface area contributed by atoms with Gasteiger partial charge in [0, 0.05) is 11.9 Å². The highest BCUT2D eigenvalue weighted by molar-refractivity contribution is 7.07. The molecule has 3 heterocycles. The number of hydrogen-bond acceptors (Lipinski definition) is 4. The van der Waals surface area contributed by atoms with Gasteiger partial charge in [-0.2, -0.15) is 5.10 Å². The molecule has 5 nitrogen and oxygen atoms in total. The first-order valence-corrected chi connectivity index (χ1v) is 6.90. The second-order valence-corrected chi connectivity index (χ2v) is 5.22. The smallest absolute Gasteiger partial charge is 0.273 e. The lowest BCUT2D eigenvalue weighted by Crippen LogP contribution is -2.31. The standard InChI is InChI=1S/C12H14N4OS/c1-8-5-14-15-11(8)10-3-2-4-16(10)12(17)9-6-18-7-13-9/h5-7,10H,2-4H2,1H3,(H,14,15). The topological polar surface area (TPSA) is 61.9 Å². The van der Waals surface area contributed by atoms with Crippen LogP contribution in [0.25, 0.3) is 0 Å². The van der Waals surface area contributed by atoms with Crippen molar-refractivity contribution < 1.29 is 4.79 Å². The average molecular weight is 262 g/mol. The molecular formula is C12H14N4OS. The number of nitrogens with one attached hydrogen (secondary N) is 1. The Bertz CT molecular complexity index is 548. The lowest BCUT2D eigenvalue weighted by Gasteiger charge is -2.23. The van der Waals surface area contributed by atoms with Crippen LogP contribution in [0, 0.1) is 6.92 Å². The van der Waals surface area contributed by atoms with E-state index in [1.54, 1.807) is 17.1 Å². The summed E-state index contributed by atoms with van der Waals surface area (Å²) in [6.07, 6.45) is 3.82. The Kier molecular flexibility index (Phi) is 2.87. The van der Waals surface area contributed by atoms with Gasteiger partial charge in [0.25, 0.3) is 5.91 Å². The van der Waals surface area contributed by atoms with Crippen LogP contribution >= 0.6 is 11.3 Å². The molecule has 0 bridgehead atoms. The van der Waals surface area contributed by atoms with Crippen molar-refractivity contribution in [3.63, 3.8) is 0 Å². The zero-order valence-electron chi connectivity index (χ0n) is 10.1. The summed E-state index contributed by atoms with van der Waals surface area (Å²) < 4.78 is 0. The van der Waals surface area contributed by atoms with Gasteiger partial charge < -0.3 is 4.90 Å². The molecule has 1 aliphatic rings. The lowest BCUT2D eigenvalue weighted by molar-refractivity contribution is 0.0727. The summed E-state index contributed by atoms with van der Waals surface area (Å²) in [5.41, 5.74) is 4.40.